The Balaban J connectivity index is 1.33. The second-order valence-electron chi connectivity index (χ2n) is 8.49. The molecule has 0 aliphatic heterocycles. The van der Waals surface area contributed by atoms with E-state index in [0.29, 0.717) is 0 Å². The molecule has 0 saturated heterocycles. The van der Waals surface area contributed by atoms with Crippen LogP contribution in [-0.2, 0) is 0 Å². The van der Waals surface area contributed by atoms with Gasteiger partial charge in [-0.15, -0.1) is 11.3 Å². The van der Waals surface area contributed by atoms with E-state index in [9.17, 15) is 0 Å². The van der Waals surface area contributed by atoms with Gasteiger partial charge in [0.05, 0.1) is 10.2 Å². The minimum atomic E-state index is 0.856. The lowest BCUT2D eigenvalue weighted by Crippen LogP contribution is -2.15. The third kappa shape index (κ3) is 4.59. The molecule has 0 atom stereocenters. The lowest BCUT2D eigenvalue weighted by molar-refractivity contribution is 1.10. The highest BCUT2D eigenvalue weighted by Crippen LogP contribution is 2.34. The summed E-state index contributed by atoms with van der Waals surface area (Å²) in [6.07, 6.45) is 11.9. The Bertz CT molecular complexity index is 1490. The molecule has 6 rings (SSSR count). The molecular weight excluding hydrogens is 444 g/mol. The van der Waals surface area contributed by atoms with Crippen molar-refractivity contribution in [1.29, 1.82) is 0 Å². The van der Waals surface area contributed by atoms with Crippen LogP contribution in [0.1, 0.15) is 28.1 Å². The first-order valence-electron chi connectivity index (χ1n) is 11.8. The molecule has 1 aromatic heterocycles. The fourth-order valence-electron chi connectivity index (χ4n) is 4.44. The third-order valence-corrected chi connectivity index (χ3v) is 7.10. The average Bonchev–Trinajstić information content (AvgIpc) is 3.22. The number of hydrogen-bond acceptors (Lipinski definition) is 3. The summed E-state index contributed by atoms with van der Waals surface area (Å²) in [4.78, 5) is 7.07. The maximum Gasteiger partial charge on any atom is 0.117 e. The fourth-order valence-corrected chi connectivity index (χ4v) is 5.31. The molecule has 0 unspecified atom stereocenters. The number of benzene rings is 4. The quantitative estimate of drug-likeness (QED) is 0.256. The van der Waals surface area contributed by atoms with Crippen molar-refractivity contribution in [3.05, 3.63) is 137 Å². The van der Waals surface area contributed by atoms with Crippen LogP contribution in [0.5, 0.6) is 0 Å². The van der Waals surface area contributed by atoms with Crippen molar-refractivity contribution < 1.29 is 0 Å². The fraction of sp³-hybridized carbons (Fsp3) is 0.0312. The van der Waals surface area contributed by atoms with Crippen LogP contribution >= 0.6 is 11.3 Å². The Morgan fingerprint density at radius 2 is 1.43 bits per heavy atom. The van der Waals surface area contributed by atoms with Gasteiger partial charge in [0, 0.05) is 23.5 Å². The normalized spacial score (nSPS) is 13.0. The number of hydrogen-bond donors (Lipinski definition) is 0. The molecule has 1 aliphatic carbocycles. The number of aromatic nitrogens is 1. The number of allylic oxidation sites excluding steroid dienone is 1. The van der Waals surface area contributed by atoms with Gasteiger partial charge in [0.25, 0.3) is 0 Å². The highest BCUT2D eigenvalue weighted by atomic mass is 32.1. The summed E-state index contributed by atoms with van der Waals surface area (Å²) >= 11 is 1.72. The molecule has 1 heterocycles. The first-order chi connectivity index (χ1) is 17.3. The standard InChI is InChI=1S/C32H24N2S/c1-3-11-27(12-4-1)34(28-13-5-2-6-14-28)29-15-9-10-25-22-24(18-20-26(25)23-29)19-21-32-33-30-16-7-8-17-31(30)35-32/h1-14,16-23H,15H2/b21-19+. The van der Waals surface area contributed by atoms with Gasteiger partial charge in [-0.1, -0.05) is 78.9 Å². The van der Waals surface area contributed by atoms with Crippen LogP contribution in [-0.4, -0.2) is 4.98 Å². The van der Waals surface area contributed by atoms with Crippen LogP contribution in [0.3, 0.4) is 0 Å². The third-order valence-electron chi connectivity index (χ3n) is 6.10. The predicted octanol–water partition coefficient (Wildman–Crippen LogP) is 9.06. The molecule has 0 spiro atoms. The first-order valence-corrected chi connectivity index (χ1v) is 12.6. The van der Waals surface area contributed by atoms with Gasteiger partial charge >= 0.3 is 0 Å². The predicted molar refractivity (Wildman–Crippen MR) is 152 cm³/mol. The molecule has 3 heteroatoms. The van der Waals surface area contributed by atoms with Gasteiger partial charge in [0.1, 0.15) is 5.01 Å². The zero-order valence-electron chi connectivity index (χ0n) is 19.2. The van der Waals surface area contributed by atoms with Crippen LogP contribution in [0.4, 0.5) is 11.4 Å². The summed E-state index contributed by atoms with van der Waals surface area (Å²) in [5, 5.41) is 1.03. The monoisotopic (exact) mass is 468 g/mol. The van der Waals surface area contributed by atoms with Gasteiger partial charge in [-0.3, -0.25) is 0 Å². The SMILES string of the molecule is C1=Cc2cc(/C=C/c3nc4ccccc4s3)ccc2C=C(N(c2ccccc2)c2ccccc2)C1. The molecule has 0 N–H and O–H groups in total. The molecule has 4 aromatic carbocycles. The maximum absolute atomic E-state index is 4.72. The number of rotatable bonds is 5. The van der Waals surface area contributed by atoms with Crippen molar-refractivity contribution in [1.82, 2.24) is 4.98 Å². The summed E-state index contributed by atoms with van der Waals surface area (Å²) in [7, 11) is 0. The lowest BCUT2D eigenvalue weighted by Gasteiger charge is -2.27. The highest BCUT2D eigenvalue weighted by molar-refractivity contribution is 7.19. The molecule has 168 valence electrons. The summed E-state index contributed by atoms with van der Waals surface area (Å²) in [5.74, 6) is 0. The van der Waals surface area contributed by atoms with E-state index < -0.39 is 0 Å². The summed E-state index contributed by atoms with van der Waals surface area (Å²) < 4.78 is 1.22. The Hall–Kier alpha value is -4.21. The molecule has 35 heavy (non-hydrogen) atoms. The molecule has 1 aliphatic rings. The van der Waals surface area contributed by atoms with E-state index in [-0.39, 0.29) is 0 Å². The molecule has 0 saturated carbocycles. The minimum Gasteiger partial charge on any atom is -0.314 e. The van der Waals surface area contributed by atoms with E-state index in [1.165, 1.54) is 27.1 Å². The zero-order chi connectivity index (χ0) is 23.5. The van der Waals surface area contributed by atoms with E-state index in [1.807, 2.05) is 6.07 Å². The Morgan fingerprint density at radius 1 is 0.714 bits per heavy atom. The highest BCUT2D eigenvalue weighted by Gasteiger charge is 2.16. The number of fused-ring (bicyclic) bond motifs is 2. The maximum atomic E-state index is 4.72. The van der Waals surface area contributed by atoms with E-state index >= 15 is 0 Å². The number of para-hydroxylation sites is 3. The van der Waals surface area contributed by atoms with E-state index in [0.717, 1.165) is 28.3 Å². The second kappa shape index (κ2) is 9.57. The van der Waals surface area contributed by atoms with Crippen LogP contribution in [0.15, 0.2) is 115 Å². The van der Waals surface area contributed by atoms with Crippen LogP contribution < -0.4 is 4.90 Å². The van der Waals surface area contributed by atoms with Crippen LogP contribution in [0.2, 0.25) is 0 Å². The van der Waals surface area contributed by atoms with Crippen molar-refractivity contribution in [3.63, 3.8) is 0 Å². The summed E-state index contributed by atoms with van der Waals surface area (Å²) in [6.45, 7) is 0. The van der Waals surface area contributed by atoms with Crippen LogP contribution in [0, 0.1) is 0 Å². The van der Waals surface area contributed by atoms with E-state index in [2.05, 4.69) is 132 Å². The van der Waals surface area contributed by atoms with E-state index in [1.54, 1.807) is 11.3 Å². The molecule has 5 aromatic rings. The summed E-state index contributed by atoms with van der Waals surface area (Å²) in [6, 6.07) is 36.1. The van der Waals surface area contributed by atoms with E-state index in [4.69, 9.17) is 4.98 Å². The molecule has 0 radical (unpaired) electrons. The molecule has 0 fully saturated rings. The Morgan fingerprint density at radius 3 is 2.17 bits per heavy atom. The Labute approximate surface area is 209 Å². The van der Waals surface area contributed by atoms with Crippen molar-refractivity contribution in [2.24, 2.45) is 0 Å². The Kier molecular flexibility index (Phi) is 5.83. The molecule has 2 nitrogen and oxygen atoms in total. The second-order valence-corrected chi connectivity index (χ2v) is 9.55. The van der Waals surface area contributed by atoms with Gasteiger partial charge in [-0.05, 0) is 71.3 Å². The van der Waals surface area contributed by atoms with Crippen molar-refractivity contribution in [3.8, 4) is 0 Å². The molecule has 0 bridgehead atoms. The number of nitrogens with zero attached hydrogens (tertiary/aromatic N) is 2. The number of anilines is 2. The van der Waals surface area contributed by atoms with Gasteiger partial charge < -0.3 is 4.90 Å². The van der Waals surface area contributed by atoms with Gasteiger partial charge in [-0.2, -0.15) is 0 Å². The van der Waals surface area contributed by atoms with Gasteiger partial charge in [0.15, 0.2) is 0 Å². The average molecular weight is 469 g/mol. The minimum absolute atomic E-state index is 0.856. The largest absolute Gasteiger partial charge is 0.314 e. The van der Waals surface area contributed by atoms with Crippen molar-refractivity contribution in [2.75, 3.05) is 4.90 Å². The first kappa shape index (κ1) is 21.3. The topological polar surface area (TPSA) is 16.1 Å². The zero-order valence-corrected chi connectivity index (χ0v) is 20.0. The molecular formula is C32H24N2S. The summed E-state index contributed by atoms with van der Waals surface area (Å²) in [5.41, 5.74) is 8.26. The van der Waals surface area contributed by atoms with Gasteiger partial charge in [0.2, 0.25) is 0 Å². The van der Waals surface area contributed by atoms with Crippen LogP contribution in [0.25, 0.3) is 34.5 Å². The van der Waals surface area contributed by atoms with Crippen molar-refractivity contribution >= 4 is 57.2 Å². The van der Waals surface area contributed by atoms with Crippen molar-refractivity contribution in [2.45, 2.75) is 6.42 Å². The number of thiazole rings is 1. The van der Waals surface area contributed by atoms with Gasteiger partial charge in [-0.25, -0.2) is 4.98 Å². The lowest BCUT2D eigenvalue weighted by atomic mass is 10.0. The molecule has 0 amide bonds. The smallest absolute Gasteiger partial charge is 0.117 e.